The largest absolute Gasteiger partial charge is 0.341 e. The van der Waals surface area contributed by atoms with Crippen LogP contribution in [0.3, 0.4) is 0 Å². The number of aromatic nitrogens is 2. The van der Waals surface area contributed by atoms with Crippen LogP contribution in [0.25, 0.3) is 0 Å². The Hall–Kier alpha value is -1.89. The van der Waals surface area contributed by atoms with Gasteiger partial charge in [0.15, 0.2) is 0 Å². The number of carbonyl (C=O) groups excluding carboxylic acids is 1. The van der Waals surface area contributed by atoms with Gasteiger partial charge in [0.05, 0.1) is 12.0 Å². The molecular weight excluding hydrogens is 202 g/mol. The van der Waals surface area contributed by atoms with E-state index in [0.717, 1.165) is 30.9 Å². The lowest BCUT2D eigenvalue weighted by atomic mass is 10.3. The van der Waals surface area contributed by atoms with Crippen molar-refractivity contribution in [1.29, 1.82) is 0 Å². The molecule has 0 atom stereocenters. The Labute approximate surface area is 94.7 Å². The molecule has 1 aromatic heterocycles. The quantitative estimate of drug-likeness (QED) is 0.546. The standard InChI is InChI=1S/C12H13N3O/c16-8-4-1-5-11-9-13-12(14-10-11)15-6-2-3-7-15/h8-10H,2-4,6-7H2. The molecule has 0 amide bonds. The predicted octanol–water partition coefficient (Wildman–Crippen LogP) is 1.02. The van der Waals surface area contributed by atoms with Gasteiger partial charge in [-0.3, -0.25) is 0 Å². The molecule has 0 spiro atoms. The highest BCUT2D eigenvalue weighted by Crippen LogP contribution is 2.14. The predicted molar refractivity (Wildman–Crippen MR) is 61.0 cm³/mol. The van der Waals surface area contributed by atoms with Crippen molar-refractivity contribution >= 4 is 12.2 Å². The molecule has 4 nitrogen and oxygen atoms in total. The molecule has 1 fully saturated rings. The lowest BCUT2D eigenvalue weighted by molar-refractivity contribution is -0.107. The van der Waals surface area contributed by atoms with Crippen LogP contribution in [0.5, 0.6) is 0 Å². The van der Waals surface area contributed by atoms with Gasteiger partial charge in [-0.15, -0.1) is 0 Å². The molecule has 0 aromatic carbocycles. The topological polar surface area (TPSA) is 46.1 Å². The van der Waals surface area contributed by atoms with Crippen molar-refractivity contribution in [2.24, 2.45) is 0 Å². The van der Waals surface area contributed by atoms with Crippen molar-refractivity contribution in [3.63, 3.8) is 0 Å². The molecule has 1 aliphatic rings. The van der Waals surface area contributed by atoms with E-state index in [9.17, 15) is 4.79 Å². The van der Waals surface area contributed by atoms with E-state index in [2.05, 4.69) is 26.7 Å². The summed E-state index contributed by atoms with van der Waals surface area (Å²) < 4.78 is 0. The zero-order chi connectivity index (χ0) is 11.2. The SMILES string of the molecule is O=CCC#Cc1cnc(N2CCCC2)nc1. The van der Waals surface area contributed by atoms with Crippen molar-refractivity contribution in [3.05, 3.63) is 18.0 Å². The maximum Gasteiger partial charge on any atom is 0.225 e. The van der Waals surface area contributed by atoms with Crippen LogP contribution in [0.2, 0.25) is 0 Å². The third-order valence-corrected chi connectivity index (χ3v) is 2.45. The molecular formula is C12H13N3O. The van der Waals surface area contributed by atoms with Crippen LogP contribution in [-0.2, 0) is 4.79 Å². The van der Waals surface area contributed by atoms with Gasteiger partial charge in [-0.2, -0.15) is 0 Å². The average Bonchev–Trinajstić information content (AvgIpc) is 2.84. The first-order chi connectivity index (χ1) is 7.90. The van der Waals surface area contributed by atoms with Gasteiger partial charge < -0.3 is 9.69 Å². The first-order valence-corrected chi connectivity index (χ1v) is 5.39. The Morgan fingerprint density at radius 3 is 2.62 bits per heavy atom. The number of rotatable bonds is 2. The van der Waals surface area contributed by atoms with Crippen LogP contribution in [0.1, 0.15) is 24.8 Å². The third kappa shape index (κ3) is 2.57. The molecule has 2 heterocycles. The second kappa shape index (κ2) is 5.26. The highest BCUT2D eigenvalue weighted by Gasteiger charge is 2.13. The van der Waals surface area contributed by atoms with Crippen LogP contribution >= 0.6 is 0 Å². The molecule has 16 heavy (non-hydrogen) atoms. The lowest BCUT2D eigenvalue weighted by Gasteiger charge is -2.13. The average molecular weight is 215 g/mol. The first-order valence-electron chi connectivity index (χ1n) is 5.39. The maximum absolute atomic E-state index is 10.1. The summed E-state index contributed by atoms with van der Waals surface area (Å²) in [4.78, 5) is 20.8. The summed E-state index contributed by atoms with van der Waals surface area (Å²) in [7, 11) is 0. The minimum atomic E-state index is 0.258. The number of hydrogen-bond donors (Lipinski definition) is 0. The Morgan fingerprint density at radius 2 is 2.00 bits per heavy atom. The van der Waals surface area contributed by atoms with Crippen LogP contribution in [0.15, 0.2) is 12.4 Å². The van der Waals surface area contributed by atoms with Gasteiger partial charge in [0, 0.05) is 25.5 Å². The lowest BCUT2D eigenvalue weighted by Crippen LogP contribution is -2.20. The number of carbonyl (C=O) groups is 1. The molecule has 0 aliphatic carbocycles. The summed E-state index contributed by atoms with van der Waals surface area (Å²) in [6, 6.07) is 0. The summed E-state index contributed by atoms with van der Waals surface area (Å²) in [6.45, 7) is 2.08. The molecule has 1 aliphatic heterocycles. The van der Waals surface area contributed by atoms with Crippen LogP contribution < -0.4 is 4.90 Å². The summed E-state index contributed by atoms with van der Waals surface area (Å²) >= 11 is 0. The fourth-order valence-corrected chi connectivity index (χ4v) is 1.66. The first kappa shape index (κ1) is 10.6. The molecule has 0 unspecified atom stereocenters. The van der Waals surface area contributed by atoms with E-state index in [1.54, 1.807) is 12.4 Å². The molecule has 1 aromatic rings. The smallest absolute Gasteiger partial charge is 0.225 e. The van der Waals surface area contributed by atoms with Gasteiger partial charge >= 0.3 is 0 Å². The molecule has 2 rings (SSSR count). The Kier molecular flexibility index (Phi) is 3.50. The maximum atomic E-state index is 10.1. The van der Waals surface area contributed by atoms with E-state index >= 15 is 0 Å². The van der Waals surface area contributed by atoms with Crippen molar-refractivity contribution in [1.82, 2.24) is 9.97 Å². The van der Waals surface area contributed by atoms with E-state index in [-0.39, 0.29) is 6.42 Å². The summed E-state index contributed by atoms with van der Waals surface area (Å²) in [5.74, 6) is 6.34. The minimum Gasteiger partial charge on any atom is -0.341 e. The van der Waals surface area contributed by atoms with Crippen LogP contribution in [0.4, 0.5) is 5.95 Å². The molecule has 1 saturated heterocycles. The van der Waals surface area contributed by atoms with E-state index < -0.39 is 0 Å². The van der Waals surface area contributed by atoms with Crippen LogP contribution in [-0.4, -0.2) is 29.3 Å². The van der Waals surface area contributed by atoms with Crippen molar-refractivity contribution in [2.75, 3.05) is 18.0 Å². The zero-order valence-corrected chi connectivity index (χ0v) is 9.02. The fourth-order valence-electron chi connectivity index (χ4n) is 1.66. The molecule has 0 saturated carbocycles. The van der Waals surface area contributed by atoms with Crippen molar-refractivity contribution in [2.45, 2.75) is 19.3 Å². The van der Waals surface area contributed by atoms with E-state index in [4.69, 9.17) is 0 Å². The van der Waals surface area contributed by atoms with Gasteiger partial charge in [0.2, 0.25) is 5.95 Å². The van der Waals surface area contributed by atoms with Crippen LogP contribution in [0, 0.1) is 11.8 Å². The van der Waals surface area contributed by atoms with Crippen molar-refractivity contribution in [3.8, 4) is 11.8 Å². The minimum absolute atomic E-state index is 0.258. The fraction of sp³-hybridized carbons (Fsp3) is 0.417. The Morgan fingerprint density at radius 1 is 1.31 bits per heavy atom. The number of hydrogen-bond acceptors (Lipinski definition) is 4. The number of aldehydes is 1. The van der Waals surface area contributed by atoms with E-state index in [0.29, 0.717) is 0 Å². The van der Waals surface area contributed by atoms with Crippen molar-refractivity contribution < 1.29 is 4.79 Å². The molecule has 4 heteroatoms. The third-order valence-electron chi connectivity index (χ3n) is 2.45. The molecule has 0 N–H and O–H groups in total. The highest BCUT2D eigenvalue weighted by molar-refractivity contribution is 5.54. The zero-order valence-electron chi connectivity index (χ0n) is 9.02. The van der Waals surface area contributed by atoms with Gasteiger partial charge in [-0.1, -0.05) is 11.8 Å². The summed E-state index contributed by atoms with van der Waals surface area (Å²) in [6.07, 6.45) is 6.88. The molecule has 0 radical (unpaired) electrons. The van der Waals surface area contributed by atoms with Gasteiger partial charge in [-0.25, -0.2) is 9.97 Å². The van der Waals surface area contributed by atoms with Gasteiger partial charge in [0.25, 0.3) is 0 Å². The summed E-state index contributed by atoms with van der Waals surface area (Å²) in [5.41, 5.74) is 0.754. The number of anilines is 1. The second-order valence-electron chi connectivity index (χ2n) is 3.64. The Bertz CT molecular complexity index is 410. The number of nitrogens with zero attached hydrogens (tertiary/aromatic N) is 3. The van der Waals surface area contributed by atoms with Gasteiger partial charge in [0.1, 0.15) is 6.29 Å². The second-order valence-corrected chi connectivity index (χ2v) is 3.64. The Balaban J connectivity index is 2.04. The normalized spacial score (nSPS) is 14.4. The monoisotopic (exact) mass is 215 g/mol. The van der Waals surface area contributed by atoms with E-state index in [1.165, 1.54) is 12.8 Å². The summed E-state index contributed by atoms with van der Waals surface area (Å²) in [5, 5.41) is 0. The van der Waals surface area contributed by atoms with E-state index in [1.807, 2.05) is 0 Å². The molecule has 82 valence electrons. The van der Waals surface area contributed by atoms with Gasteiger partial charge in [-0.05, 0) is 12.8 Å². The molecule has 0 bridgehead atoms. The highest BCUT2D eigenvalue weighted by atomic mass is 16.1.